The number of benzene rings is 2. The number of carbonyl (C=O) groups is 1. The smallest absolute Gasteiger partial charge is 0.366 e. The van der Waals surface area contributed by atoms with E-state index in [1.54, 1.807) is 6.26 Å². The summed E-state index contributed by atoms with van der Waals surface area (Å²) in [6, 6.07) is 6.97. The first-order chi connectivity index (χ1) is 13.8. The van der Waals surface area contributed by atoms with Gasteiger partial charge in [-0.15, -0.1) is 11.8 Å². The minimum absolute atomic E-state index is 0.140. The van der Waals surface area contributed by atoms with Crippen molar-refractivity contribution in [3.8, 4) is 5.69 Å². The molecule has 3 N–H and O–H groups in total. The average Bonchev–Trinajstić information content (AvgIpc) is 2.65. The third-order valence-corrected chi connectivity index (χ3v) is 5.91. The van der Waals surface area contributed by atoms with E-state index in [0.29, 0.717) is 17.0 Å². The molecular formula is C18H13F3N2O5S2. The van der Waals surface area contributed by atoms with Crippen LogP contribution < -0.4 is 11.3 Å². The highest BCUT2D eigenvalue weighted by Crippen LogP contribution is 2.36. The van der Waals surface area contributed by atoms with Gasteiger partial charge in [0.25, 0.3) is 15.7 Å². The molecule has 3 rings (SSSR count). The van der Waals surface area contributed by atoms with Gasteiger partial charge in [0.1, 0.15) is 0 Å². The molecule has 1 aromatic heterocycles. The van der Waals surface area contributed by atoms with Gasteiger partial charge in [0.2, 0.25) is 5.91 Å². The molecule has 1 amide bonds. The number of aromatic nitrogens is 1. The largest absolute Gasteiger partial charge is 0.417 e. The van der Waals surface area contributed by atoms with E-state index in [1.165, 1.54) is 18.2 Å². The van der Waals surface area contributed by atoms with Crippen LogP contribution in [0.2, 0.25) is 0 Å². The summed E-state index contributed by atoms with van der Waals surface area (Å²) < 4.78 is 73.6. The Bertz CT molecular complexity index is 1350. The van der Waals surface area contributed by atoms with Crippen LogP contribution in [0.4, 0.5) is 13.2 Å². The second-order valence-electron chi connectivity index (χ2n) is 6.13. The molecule has 0 aliphatic heterocycles. The number of thioether (sulfide) groups is 1. The zero-order valence-electron chi connectivity index (χ0n) is 15.1. The van der Waals surface area contributed by atoms with Crippen LogP contribution in [0.5, 0.6) is 0 Å². The van der Waals surface area contributed by atoms with E-state index in [1.807, 2.05) is 0 Å². The van der Waals surface area contributed by atoms with Crippen molar-refractivity contribution < 1.29 is 30.9 Å². The van der Waals surface area contributed by atoms with Gasteiger partial charge in [-0.2, -0.15) is 21.6 Å². The summed E-state index contributed by atoms with van der Waals surface area (Å²) in [7, 11) is -4.78. The van der Waals surface area contributed by atoms with Gasteiger partial charge in [0.15, 0.2) is 0 Å². The number of rotatable bonds is 4. The molecule has 0 bridgehead atoms. The van der Waals surface area contributed by atoms with Crippen molar-refractivity contribution in [3.63, 3.8) is 0 Å². The monoisotopic (exact) mass is 458 g/mol. The number of hydrogen-bond donors (Lipinski definition) is 2. The lowest BCUT2D eigenvalue weighted by molar-refractivity contribution is -0.136. The number of primary amides is 1. The van der Waals surface area contributed by atoms with Crippen LogP contribution in [0.15, 0.2) is 57.1 Å². The van der Waals surface area contributed by atoms with Gasteiger partial charge in [-0.3, -0.25) is 18.7 Å². The summed E-state index contributed by atoms with van der Waals surface area (Å²) in [6.07, 6.45) is -3.32. The van der Waals surface area contributed by atoms with Crippen molar-refractivity contribution in [2.24, 2.45) is 5.73 Å². The summed E-state index contributed by atoms with van der Waals surface area (Å²) in [4.78, 5) is 23.7. The van der Waals surface area contributed by atoms with Gasteiger partial charge in [-0.25, -0.2) is 0 Å². The number of halogens is 3. The van der Waals surface area contributed by atoms with Crippen molar-refractivity contribution >= 4 is 38.7 Å². The number of fused-ring (bicyclic) bond motifs is 1. The first kappa shape index (κ1) is 21.9. The van der Waals surface area contributed by atoms with Crippen LogP contribution in [0.3, 0.4) is 0 Å². The van der Waals surface area contributed by atoms with Crippen LogP contribution in [0, 0.1) is 0 Å². The van der Waals surface area contributed by atoms with Crippen molar-refractivity contribution in [2.45, 2.75) is 16.0 Å². The molecule has 0 saturated heterocycles. The fourth-order valence-electron chi connectivity index (χ4n) is 2.97. The Morgan fingerprint density at radius 2 is 1.80 bits per heavy atom. The number of alkyl halides is 3. The van der Waals surface area contributed by atoms with Crippen molar-refractivity contribution in [1.82, 2.24) is 4.57 Å². The van der Waals surface area contributed by atoms with E-state index in [0.717, 1.165) is 28.5 Å². The van der Waals surface area contributed by atoms with E-state index < -0.39 is 43.6 Å². The lowest BCUT2D eigenvalue weighted by Crippen LogP contribution is -2.23. The topological polar surface area (TPSA) is 119 Å². The van der Waals surface area contributed by atoms with Gasteiger partial charge in [0.05, 0.1) is 21.7 Å². The van der Waals surface area contributed by atoms with Gasteiger partial charge < -0.3 is 5.73 Å². The van der Waals surface area contributed by atoms with Crippen LogP contribution in [0.1, 0.15) is 15.9 Å². The second-order valence-corrected chi connectivity index (χ2v) is 8.40. The van der Waals surface area contributed by atoms with Crippen molar-refractivity contribution in [1.29, 1.82) is 0 Å². The predicted octanol–water partition coefficient (Wildman–Crippen LogP) is 3.08. The molecule has 30 heavy (non-hydrogen) atoms. The molecule has 158 valence electrons. The first-order valence-electron chi connectivity index (χ1n) is 8.07. The van der Waals surface area contributed by atoms with E-state index in [-0.39, 0.29) is 16.8 Å². The molecular weight excluding hydrogens is 445 g/mol. The molecule has 0 saturated carbocycles. The summed E-state index contributed by atoms with van der Waals surface area (Å²) in [5, 5.41) is -0.594. The maximum atomic E-state index is 13.5. The highest BCUT2D eigenvalue weighted by Gasteiger charge is 2.34. The number of nitrogens with two attached hydrogens (primary N) is 1. The number of amides is 1. The Morgan fingerprint density at radius 1 is 1.13 bits per heavy atom. The van der Waals surface area contributed by atoms with Crippen molar-refractivity contribution in [2.75, 3.05) is 6.26 Å². The summed E-state index contributed by atoms with van der Waals surface area (Å²) in [5.41, 5.74) is 2.97. The fraction of sp³-hybridized carbons (Fsp3) is 0.111. The molecule has 0 radical (unpaired) electrons. The number of hydrogen-bond acceptors (Lipinski definition) is 5. The SMILES string of the molecule is CSc1cc(C(N)=O)ccc1-n1c(=O)cc(C(F)(F)F)c2cc(S(=O)(=O)O)ccc21. The van der Waals surface area contributed by atoms with Gasteiger partial charge in [-0.05, 0) is 42.7 Å². The van der Waals surface area contributed by atoms with Gasteiger partial charge >= 0.3 is 6.18 Å². The Balaban J connectivity index is 2.47. The molecule has 7 nitrogen and oxygen atoms in total. The highest BCUT2D eigenvalue weighted by molar-refractivity contribution is 7.98. The molecule has 0 fully saturated rings. The van der Waals surface area contributed by atoms with Crippen molar-refractivity contribution in [3.05, 3.63) is 63.9 Å². The molecule has 12 heteroatoms. The summed E-state index contributed by atoms with van der Waals surface area (Å²) >= 11 is 1.13. The highest BCUT2D eigenvalue weighted by atomic mass is 32.2. The van der Waals surface area contributed by atoms with Crippen LogP contribution in [0.25, 0.3) is 16.6 Å². The van der Waals surface area contributed by atoms with E-state index >= 15 is 0 Å². The third-order valence-electron chi connectivity index (χ3n) is 4.30. The molecule has 0 aliphatic carbocycles. The Morgan fingerprint density at radius 3 is 2.33 bits per heavy atom. The lowest BCUT2D eigenvalue weighted by Gasteiger charge is -2.18. The normalized spacial score (nSPS) is 12.3. The van der Waals surface area contributed by atoms with E-state index in [9.17, 15) is 35.7 Å². The molecule has 2 aromatic carbocycles. The van der Waals surface area contributed by atoms with Gasteiger partial charge in [-0.1, -0.05) is 0 Å². The van der Waals surface area contributed by atoms with E-state index in [4.69, 9.17) is 5.73 Å². The Kier molecular flexibility index (Phi) is 5.43. The minimum Gasteiger partial charge on any atom is -0.366 e. The Labute approximate surface area is 172 Å². The standard InChI is InChI=1S/C18H13F3N2O5S2/c1-29-15-6-9(17(22)25)2-4-14(15)23-13-5-3-10(30(26,27)28)7-11(13)12(8-16(23)24)18(19,20)21/h2-8H,1H3,(H2,22,25)(H,26,27,28). The maximum Gasteiger partial charge on any atom is 0.417 e. The Hall–Kier alpha value is -2.83. The molecule has 0 atom stereocenters. The molecule has 0 spiro atoms. The first-order valence-corrected chi connectivity index (χ1v) is 10.7. The van der Waals surface area contributed by atoms with Crippen LogP contribution in [-0.4, -0.2) is 29.7 Å². The van der Waals surface area contributed by atoms with Gasteiger partial charge in [0, 0.05) is 21.9 Å². The molecule has 0 unspecified atom stereocenters. The molecule has 1 heterocycles. The summed E-state index contributed by atoms with van der Waals surface area (Å²) in [5.74, 6) is -0.723. The lowest BCUT2D eigenvalue weighted by atomic mass is 10.1. The number of pyridine rings is 1. The van der Waals surface area contributed by atoms with Crippen LogP contribution in [-0.2, 0) is 16.3 Å². The average molecular weight is 458 g/mol. The summed E-state index contributed by atoms with van der Waals surface area (Å²) in [6.45, 7) is 0. The third kappa shape index (κ3) is 3.93. The van der Waals surface area contributed by atoms with Crippen LogP contribution >= 0.6 is 11.8 Å². The molecule has 3 aromatic rings. The second kappa shape index (κ2) is 7.45. The minimum atomic E-state index is -4.95. The number of nitrogens with zero attached hydrogens (tertiary/aromatic N) is 1. The fourth-order valence-corrected chi connectivity index (χ4v) is 4.09. The molecule has 0 aliphatic rings. The zero-order valence-corrected chi connectivity index (χ0v) is 16.7. The zero-order chi connectivity index (χ0) is 22.4. The quantitative estimate of drug-likeness (QED) is 0.458. The predicted molar refractivity (Wildman–Crippen MR) is 105 cm³/mol. The maximum absolute atomic E-state index is 13.5. The van der Waals surface area contributed by atoms with E-state index in [2.05, 4.69) is 0 Å². The number of carbonyl (C=O) groups excluding carboxylic acids is 1.